The molecule has 19 heavy (non-hydrogen) atoms. The van der Waals surface area contributed by atoms with Gasteiger partial charge in [0.15, 0.2) is 11.6 Å². The van der Waals surface area contributed by atoms with E-state index in [1.54, 1.807) is 0 Å². The smallest absolute Gasteiger partial charge is 0.275 e. The molecule has 0 unspecified atom stereocenters. The molecule has 0 aliphatic carbocycles. The van der Waals surface area contributed by atoms with Gasteiger partial charge >= 0.3 is 0 Å². The first-order chi connectivity index (χ1) is 8.76. The van der Waals surface area contributed by atoms with Crippen LogP contribution < -0.4 is 5.32 Å². The van der Waals surface area contributed by atoms with Crippen molar-refractivity contribution in [3.63, 3.8) is 0 Å². The molecule has 1 rings (SSSR count). The van der Waals surface area contributed by atoms with Gasteiger partial charge < -0.3 is 10.4 Å². The van der Waals surface area contributed by atoms with Crippen molar-refractivity contribution < 1.29 is 18.8 Å². The van der Waals surface area contributed by atoms with Gasteiger partial charge in [0.1, 0.15) is 5.69 Å². The van der Waals surface area contributed by atoms with E-state index >= 15 is 0 Å². The standard InChI is InChI=1S/C12H16F2N2O3/c1-12(2,3-4-17)7-15-11-9(13)5-8(16(18)19)6-10(11)14/h5-6,15,17H,3-4,7H2,1-2H3. The lowest BCUT2D eigenvalue weighted by molar-refractivity contribution is -0.385. The van der Waals surface area contributed by atoms with Gasteiger partial charge in [0.25, 0.3) is 5.69 Å². The maximum atomic E-state index is 13.6. The molecule has 0 spiro atoms. The van der Waals surface area contributed by atoms with E-state index in [0.717, 1.165) is 0 Å². The molecule has 1 aromatic rings. The molecule has 0 atom stereocenters. The van der Waals surface area contributed by atoms with Crippen molar-refractivity contribution in [2.45, 2.75) is 20.3 Å². The fourth-order valence-corrected chi connectivity index (χ4v) is 1.55. The average Bonchev–Trinajstić information content (AvgIpc) is 2.27. The number of benzene rings is 1. The lowest BCUT2D eigenvalue weighted by atomic mass is 9.89. The Morgan fingerprint density at radius 3 is 2.32 bits per heavy atom. The summed E-state index contributed by atoms with van der Waals surface area (Å²) in [5, 5.41) is 21.9. The summed E-state index contributed by atoms with van der Waals surface area (Å²) in [5.74, 6) is -2.02. The van der Waals surface area contributed by atoms with E-state index in [4.69, 9.17) is 5.11 Å². The largest absolute Gasteiger partial charge is 0.396 e. The minimum absolute atomic E-state index is 0.0279. The number of nitrogens with one attached hydrogen (secondary N) is 1. The van der Waals surface area contributed by atoms with Gasteiger partial charge in [0, 0.05) is 13.2 Å². The first-order valence-corrected chi connectivity index (χ1v) is 5.75. The molecule has 0 bridgehead atoms. The molecule has 0 radical (unpaired) electrons. The fourth-order valence-electron chi connectivity index (χ4n) is 1.55. The monoisotopic (exact) mass is 274 g/mol. The molecule has 0 aliphatic heterocycles. The Kier molecular flexibility index (Phi) is 4.77. The van der Waals surface area contributed by atoms with Gasteiger partial charge in [-0.2, -0.15) is 0 Å². The Morgan fingerprint density at radius 2 is 1.89 bits per heavy atom. The molecule has 0 saturated carbocycles. The van der Waals surface area contributed by atoms with E-state index in [2.05, 4.69) is 5.32 Å². The van der Waals surface area contributed by atoms with Crippen molar-refractivity contribution in [2.24, 2.45) is 5.41 Å². The summed E-state index contributed by atoms with van der Waals surface area (Å²) in [6, 6.07) is 1.34. The Morgan fingerprint density at radius 1 is 1.37 bits per heavy atom. The highest BCUT2D eigenvalue weighted by atomic mass is 19.1. The molecular formula is C12H16F2N2O3. The normalized spacial score (nSPS) is 11.4. The zero-order valence-electron chi connectivity index (χ0n) is 10.7. The highest BCUT2D eigenvalue weighted by Gasteiger charge is 2.21. The summed E-state index contributed by atoms with van der Waals surface area (Å²) >= 11 is 0. The van der Waals surface area contributed by atoms with Crippen LogP contribution in [-0.2, 0) is 0 Å². The van der Waals surface area contributed by atoms with Gasteiger partial charge in [-0.15, -0.1) is 0 Å². The fraction of sp³-hybridized carbons (Fsp3) is 0.500. The Bertz CT molecular complexity index is 455. The van der Waals surface area contributed by atoms with Crippen LogP contribution in [0.1, 0.15) is 20.3 Å². The van der Waals surface area contributed by atoms with Gasteiger partial charge in [0.05, 0.1) is 17.1 Å². The maximum absolute atomic E-state index is 13.6. The number of nitro groups is 1. The number of anilines is 1. The zero-order valence-corrected chi connectivity index (χ0v) is 10.7. The van der Waals surface area contributed by atoms with Crippen molar-refractivity contribution in [2.75, 3.05) is 18.5 Å². The summed E-state index contributed by atoms with van der Waals surface area (Å²) in [6.45, 7) is 3.87. The van der Waals surface area contributed by atoms with E-state index in [0.29, 0.717) is 18.6 Å². The zero-order chi connectivity index (χ0) is 14.6. The molecule has 2 N–H and O–H groups in total. The third-order valence-electron chi connectivity index (χ3n) is 2.77. The van der Waals surface area contributed by atoms with Gasteiger partial charge in [0.2, 0.25) is 0 Å². The molecule has 1 aromatic carbocycles. The maximum Gasteiger partial charge on any atom is 0.275 e. The van der Waals surface area contributed by atoms with Crippen LogP contribution in [0.15, 0.2) is 12.1 Å². The third kappa shape index (κ3) is 4.13. The van der Waals surface area contributed by atoms with E-state index in [-0.39, 0.29) is 18.6 Å². The van der Waals surface area contributed by atoms with Crippen molar-refractivity contribution in [3.05, 3.63) is 33.9 Å². The number of halogens is 2. The van der Waals surface area contributed by atoms with Crippen LogP contribution in [0.5, 0.6) is 0 Å². The molecule has 0 aromatic heterocycles. The van der Waals surface area contributed by atoms with Crippen LogP contribution in [-0.4, -0.2) is 23.2 Å². The molecule has 106 valence electrons. The SMILES string of the molecule is CC(C)(CCO)CNc1c(F)cc([N+](=O)[O-])cc1F. The number of rotatable bonds is 6. The van der Waals surface area contributed by atoms with Crippen LogP contribution >= 0.6 is 0 Å². The molecule has 0 aliphatic rings. The molecular weight excluding hydrogens is 258 g/mol. The lowest BCUT2D eigenvalue weighted by Crippen LogP contribution is -2.25. The van der Waals surface area contributed by atoms with E-state index < -0.39 is 27.9 Å². The highest BCUT2D eigenvalue weighted by Crippen LogP contribution is 2.27. The first-order valence-electron chi connectivity index (χ1n) is 5.75. The van der Waals surface area contributed by atoms with Crippen LogP contribution in [0.25, 0.3) is 0 Å². The number of hydrogen-bond acceptors (Lipinski definition) is 4. The molecule has 0 amide bonds. The number of hydrogen-bond donors (Lipinski definition) is 2. The predicted molar refractivity (Wildman–Crippen MR) is 67.0 cm³/mol. The summed E-state index contributed by atoms with van der Waals surface area (Å²) in [6.07, 6.45) is 0.468. The summed E-state index contributed by atoms with van der Waals surface area (Å²) < 4.78 is 27.2. The second kappa shape index (κ2) is 5.92. The number of aliphatic hydroxyl groups is 1. The molecule has 0 saturated heterocycles. The van der Waals surface area contributed by atoms with Crippen LogP contribution in [0, 0.1) is 27.2 Å². The van der Waals surface area contributed by atoms with Crippen molar-refractivity contribution in [1.29, 1.82) is 0 Å². The number of nitrogens with zero attached hydrogens (tertiary/aromatic N) is 1. The van der Waals surface area contributed by atoms with Gasteiger partial charge in [-0.3, -0.25) is 10.1 Å². The van der Waals surface area contributed by atoms with E-state index in [1.165, 1.54) is 0 Å². The number of non-ortho nitro benzene ring substituents is 1. The topological polar surface area (TPSA) is 75.4 Å². The van der Waals surface area contributed by atoms with Crippen LogP contribution in [0.3, 0.4) is 0 Å². The number of nitro benzene ring substituents is 1. The van der Waals surface area contributed by atoms with Crippen LogP contribution in [0.2, 0.25) is 0 Å². The highest BCUT2D eigenvalue weighted by molar-refractivity contribution is 5.51. The van der Waals surface area contributed by atoms with Crippen LogP contribution in [0.4, 0.5) is 20.2 Å². The molecule has 5 nitrogen and oxygen atoms in total. The minimum Gasteiger partial charge on any atom is -0.396 e. The quantitative estimate of drug-likeness (QED) is 0.617. The Hall–Kier alpha value is -1.76. The first kappa shape index (κ1) is 15.3. The summed E-state index contributed by atoms with van der Waals surface area (Å²) in [7, 11) is 0. The molecule has 0 heterocycles. The van der Waals surface area contributed by atoms with E-state index in [1.807, 2.05) is 13.8 Å². The van der Waals surface area contributed by atoms with Crippen molar-refractivity contribution in [1.82, 2.24) is 0 Å². The molecule has 0 fully saturated rings. The Balaban J connectivity index is 2.88. The second-order valence-electron chi connectivity index (χ2n) is 5.03. The lowest BCUT2D eigenvalue weighted by Gasteiger charge is -2.24. The van der Waals surface area contributed by atoms with Crippen molar-refractivity contribution in [3.8, 4) is 0 Å². The third-order valence-corrected chi connectivity index (χ3v) is 2.77. The summed E-state index contributed by atoms with van der Waals surface area (Å²) in [4.78, 5) is 9.59. The second-order valence-corrected chi connectivity index (χ2v) is 5.03. The predicted octanol–water partition coefficient (Wildman–Crippen LogP) is 2.69. The van der Waals surface area contributed by atoms with Gasteiger partial charge in [-0.25, -0.2) is 8.78 Å². The minimum atomic E-state index is -1.01. The van der Waals surface area contributed by atoms with Gasteiger partial charge in [-0.05, 0) is 11.8 Å². The average molecular weight is 274 g/mol. The summed E-state index contributed by atoms with van der Waals surface area (Å²) in [5.41, 5.74) is -1.37. The molecule has 7 heteroatoms. The Labute approximate surface area is 109 Å². The van der Waals surface area contributed by atoms with Crippen molar-refractivity contribution >= 4 is 11.4 Å². The van der Waals surface area contributed by atoms with E-state index in [9.17, 15) is 18.9 Å². The van der Waals surface area contributed by atoms with Gasteiger partial charge in [-0.1, -0.05) is 13.8 Å². The number of aliphatic hydroxyl groups excluding tert-OH is 1.